The van der Waals surface area contributed by atoms with Crippen LogP contribution in [0.3, 0.4) is 0 Å². The van der Waals surface area contributed by atoms with Crippen LogP contribution in [0, 0.1) is 5.92 Å². The molecule has 142 valence electrons. The minimum absolute atomic E-state index is 0.0986. The SMILES string of the molecule is Cn1cc(-c2ccc3c(c2)C2CN(C(=O)C4CC(F)C4)CC2S3(=O)=O)cn1. The number of alkyl halides is 1. The molecule has 1 saturated heterocycles. The van der Waals surface area contributed by atoms with Crippen molar-refractivity contribution in [3.05, 3.63) is 36.2 Å². The lowest BCUT2D eigenvalue weighted by molar-refractivity contribution is -0.139. The number of nitrogens with zero attached hydrogens (tertiary/aromatic N) is 3. The highest BCUT2D eigenvalue weighted by atomic mass is 32.2. The molecule has 3 aliphatic rings. The van der Waals surface area contributed by atoms with Crippen LogP contribution in [0.1, 0.15) is 24.3 Å². The van der Waals surface area contributed by atoms with Gasteiger partial charge in [0.25, 0.3) is 0 Å². The molecule has 1 saturated carbocycles. The Morgan fingerprint density at radius 2 is 2.00 bits per heavy atom. The van der Waals surface area contributed by atoms with Crippen molar-refractivity contribution in [2.75, 3.05) is 13.1 Å². The summed E-state index contributed by atoms with van der Waals surface area (Å²) in [5.41, 5.74) is 2.63. The van der Waals surface area contributed by atoms with Crippen molar-refractivity contribution in [1.29, 1.82) is 0 Å². The number of likely N-dealkylation sites (tertiary alicyclic amines) is 1. The smallest absolute Gasteiger partial charge is 0.225 e. The summed E-state index contributed by atoms with van der Waals surface area (Å²) >= 11 is 0. The molecule has 0 radical (unpaired) electrons. The number of benzene rings is 1. The second-order valence-electron chi connectivity index (χ2n) is 7.85. The number of halogens is 1. The Labute approximate surface area is 156 Å². The first-order valence-electron chi connectivity index (χ1n) is 9.14. The van der Waals surface area contributed by atoms with E-state index in [4.69, 9.17) is 0 Å². The van der Waals surface area contributed by atoms with Crippen LogP contribution in [-0.2, 0) is 21.7 Å². The Hall–Kier alpha value is -2.22. The molecule has 1 aliphatic carbocycles. The summed E-state index contributed by atoms with van der Waals surface area (Å²) in [7, 11) is -1.62. The van der Waals surface area contributed by atoms with Crippen LogP contribution >= 0.6 is 0 Å². The van der Waals surface area contributed by atoms with Crippen LogP contribution < -0.4 is 0 Å². The fourth-order valence-corrected chi connectivity index (χ4v) is 6.75. The number of sulfone groups is 1. The van der Waals surface area contributed by atoms with Crippen molar-refractivity contribution in [2.45, 2.75) is 35.1 Å². The van der Waals surface area contributed by atoms with E-state index in [1.165, 1.54) is 0 Å². The molecule has 1 aromatic heterocycles. The molecular formula is C19H20FN3O3S. The second kappa shape index (κ2) is 5.64. The summed E-state index contributed by atoms with van der Waals surface area (Å²) in [4.78, 5) is 14.6. The van der Waals surface area contributed by atoms with Gasteiger partial charge in [-0.3, -0.25) is 9.48 Å². The topological polar surface area (TPSA) is 72.3 Å². The molecule has 1 amide bonds. The van der Waals surface area contributed by atoms with E-state index in [1.807, 2.05) is 25.4 Å². The largest absolute Gasteiger partial charge is 0.340 e. The number of aromatic nitrogens is 2. The van der Waals surface area contributed by atoms with Crippen LogP contribution in [0.2, 0.25) is 0 Å². The predicted molar refractivity (Wildman–Crippen MR) is 96.6 cm³/mol. The van der Waals surface area contributed by atoms with E-state index in [2.05, 4.69) is 5.10 Å². The standard InChI is InChI=1S/C19H20FN3O3S/c1-22-8-13(7-21-22)11-2-3-17-15(6-11)16-9-23(10-18(16)27(17,25)26)19(24)12-4-14(20)5-12/h2-3,6-8,12,14,16,18H,4-5,9-10H2,1H3. The molecule has 0 bridgehead atoms. The van der Waals surface area contributed by atoms with E-state index in [9.17, 15) is 17.6 Å². The first-order chi connectivity index (χ1) is 12.8. The Balaban J connectivity index is 1.48. The Kier molecular flexibility index (Phi) is 3.53. The minimum Gasteiger partial charge on any atom is -0.340 e. The van der Waals surface area contributed by atoms with E-state index in [1.54, 1.807) is 21.8 Å². The van der Waals surface area contributed by atoms with Crippen molar-refractivity contribution in [1.82, 2.24) is 14.7 Å². The molecule has 6 nitrogen and oxygen atoms in total. The van der Waals surface area contributed by atoms with Crippen LogP contribution in [0.25, 0.3) is 11.1 Å². The molecule has 2 aliphatic heterocycles. The molecule has 0 N–H and O–H groups in total. The number of amides is 1. The minimum atomic E-state index is -3.46. The molecule has 1 aromatic carbocycles. The number of carbonyl (C=O) groups is 1. The van der Waals surface area contributed by atoms with Crippen LogP contribution in [-0.4, -0.2) is 53.5 Å². The summed E-state index contributed by atoms with van der Waals surface area (Å²) in [5, 5.41) is 3.58. The number of carbonyl (C=O) groups excluding carboxylic acids is 1. The van der Waals surface area contributed by atoms with Crippen molar-refractivity contribution >= 4 is 15.7 Å². The maximum Gasteiger partial charge on any atom is 0.225 e. The summed E-state index contributed by atoms with van der Waals surface area (Å²) in [6.45, 7) is 0.593. The molecule has 2 aromatic rings. The number of aryl methyl sites for hydroxylation is 1. The molecule has 27 heavy (non-hydrogen) atoms. The van der Waals surface area contributed by atoms with Gasteiger partial charge in [0.15, 0.2) is 9.84 Å². The van der Waals surface area contributed by atoms with Gasteiger partial charge < -0.3 is 4.90 Å². The molecule has 8 heteroatoms. The fraction of sp³-hybridized carbons (Fsp3) is 0.474. The zero-order valence-electron chi connectivity index (χ0n) is 14.9. The van der Waals surface area contributed by atoms with E-state index >= 15 is 0 Å². The first-order valence-corrected chi connectivity index (χ1v) is 10.7. The third kappa shape index (κ3) is 2.46. The summed E-state index contributed by atoms with van der Waals surface area (Å²) in [6.07, 6.45) is 3.26. The van der Waals surface area contributed by atoms with Crippen molar-refractivity contribution in [2.24, 2.45) is 13.0 Å². The van der Waals surface area contributed by atoms with Crippen molar-refractivity contribution in [3.8, 4) is 11.1 Å². The Morgan fingerprint density at radius 3 is 2.67 bits per heavy atom. The zero-order valence-corrected chi connectivity index (χ0v) is 15.7. The average molecular weight is 389 g/mol. The maximum absolute atomic E-state index is 13.1. The molecule has 2 fully saturated rings. The average Bonchev–Trinajstić information content (AvgIpc) is 3.28. The molecule has 5 rings (SSSR count). The number of hydrogen-bond acceptors (Lipinski definition) is 4. The van der Waals surface area contributed by atoms with Crippen molar-refractivity contribution < 1.29 is 17.6 Å². The number of fused-ring (bicyclic) bond motifs is 3. The molecule has 3 heterocycles. The highest BCUT2D eigenvalue weighted by Crippen LogP contribution is 2.47. The first kappa shape index (κ1) is 16.9. The van der Waals surface area contributed by atoms with Gasteiger partial charge in [-0.1, -0.05) is 6.07 Å². The van der Waals surface area contributed by atoms with Gasteiger partial charge in [-0.15, -0.1) is 0 Å². The summed E-state index contributed by atoms with van der Waals surface area (Å²) < 4.78 is 40.8. The van der Waals surface area contributed by atoms with Crippen LogP contribution in [0.15, 0.2) is 35.5 Å². The third-order valence-electron chi connectivity index (χ3n) is 6.16. The quantitative estimate of drug-likeness (QED) is 0.787. The van der Waals surface area contributed by atoms with E-state index in [0.29, 0.717) is 11.4 Å². The van der Waals surface area contributed by atoms with Crippen LogP contribution in [0.4, 0.5) is 4.39 Å². The van der Waals surface area contributed by atoms with Crippen molar-refractivity contribution in [3.63, 3.8) is 0 Å². The fourth-order valence-electron chi connectivity index (χ4n) is 4.59. The van der Waals surface area contributed by atoms with E-state index in [-0.39, 0.29) is 37.1 Å². The van der Waals surface area contributed by atoms with Gasteiger partial charge in [0.2, 0.25) is 5.91 Å². The lowest BCUT2D eigenvalue weighted by Gasteiger charge is -2.32. The monoisotopic (exact) mass is 389 g/mol. The Bertz CT molecular complexity index is 1040. The van der Waals surface area contributed by atoms with Gasteiger partial charge >= 0.3 is 0 Å². The Morgan fingerprint density at radius 1 is 1.22 bits per heavy atom. The molecule has 2 unspecified atom stereocenters. The summed E-state index contributed by atoms with van der Waals surface area (Å²) in [5.74, 6) is -0.604. The van der Waals surface area contributed by atoms with Gasteiger partial charge in [0.1, 0.15) is 6.17 Å². The van der Waals surface area contributed by atoms with Gasteiger partial charge in [0, 0.05) is 43.7 Å². The highest BCUT2D eigenvalue weighted by molar-refractivity contribution is 7.92. The third-order valence-corrected chi connectivity index (χ3v) is 8.42. The molecular weight excluding hydrogens is 369 g/mol. The summed E-state index contributed by atoms with van der Waals surface area (Å²) in [6, 6.07) is 5.41. The zero-order chi connectivity index (χ0) is 18.9. The maximum atomic E-state index is 13.1. The highest BCUT2D eigenvalue weighted by Gasteiger charge is 2.52. The number of rotatable bonds is 2. The van der Waals surface area contributed by atoms with E-state index in [0.717, 1.165) is 16.7 Å². The lowest BCUT2D eigenvalue weighted by atomic mass is 9.82. The normalized spacial score (nSPS) is 30.7. The number of hydrogen-bond donors (Lipinski definition) is 0. The van der Waals surface area contributed by atoms with E-state index < -0.39 is 21.3 Å². The molecule has 2 atom stereocenters. The van der Waals surface area contributed by atoms with Gasteiger partial charge in [-0.25, -0.2) is 12.8 Å². The predicted octanol–water partition coefficient (Wildman–Crippen LogP) is 1.92. The molecule has 0 spiro atoms. The van der Waals surface area contributed by atoms with Gasteiger partial charge in [-0.05, 0) is 36.1 Å². The lowest BCUT2D eigenvalue weighted by Crippen LogP contribution is -2.42. The van der Waals surface area contributed by atoms with Gasteiger partial charge in [0.05, 0.1) is 16.3 Å². The second-order valence-corrected chi connectivity index (χ2v) is 9.99. The van der Waals surface area contributed by atoms with Gasteiger partial charge in [-0.2, -0.15) is 5.10 Å². The van der Waals surface area contributed by atoms with Crippen LogP contribution in [0.5, 0.6) is 0 Å².